The number of nitrogens with one attached hydrogen (secondary N) is 2. The fourth-order valence-corrected chi connectivity index (χ4v) is 2.32. The van der Waals surface area contributed by atoms with Gasteiger partial charge >= 0.3 is 0 Å². The summed E-state index contributed by atoms with van der Waals surface area (Å²) in [6, 6.07) is 7.25. The maximum Gasteiger partial charge on any atom is 0.126 e. The molecule has 1 heterocycles. The lowest BCUT2D eigenvalue weighted by atomic mass is 10.1. The van der Waals surface area contributed by atoms with Crippen molar-refractivity contribution >= 4 is 0 Å². The first kappa shape index (κ1) is 14.7. The van der Waals surface area contributed by atoms with Gasteiger partial charge in [-0.15, -0.1) is 0 Å². The molecule has 4 heteroatoms. The van der Waals surface area contributed by atoms with Crippen LogP contribution in [0.25, 0.3) is 0 Å². The lowest BCUT2D eigenvalue weighted by Crippen LogP contribution is -2.29. The smallest absolute Gasteiger partial charge is 0.126 e. The Morgan fingerprint density at radius 1 is 1.30 bits per heavy atom. The molecule has 0 amide bonds. The van der Waals surface area contributed by atoms with Crippen LogP contribution in [0.15, 0.2) is 30.5 Å². The molecule has 1 aromatic carbocycles. The minimum atomic E-state index is -0.116. The number of halogens is 1. The molecule has 2 rings (SSSR count). The number of aromatic amines is 1. The second kappa shape index (κ2) is 7.20. The molecule has 0 fully saturated rings. The zero-order chi connectivity index (χ0) is 14.4. The highest BCUT2D eigenvalue weighted by Crippen LogP contribution is 2.09. The highest BCUT2D eigenvalue weighted by Gasteiger charge is 2.07. The molecule has 0 saturated heterocycles. The highest BCUT2D eigenvalue weighted by molar-refractivity contribution is 5.18. The third kappa shape index (κ3) is 4.17. The summed E-state index contributed by atoms with van der Waals surface area (Å²) in [5.41, 5.74) is 3.19. The molecule has 1 aromatic heterocycles. The molecule has 20 heavy (non-hydrogen) atoms. The standard InChI is InChI=1S/C16H22FN3/c1-12(10-14-6-3-4-8-16(14)17)18-9-5-7-15-11-19-20-13(15)2/h3-4,6,8,11-12,18H,5,7,9-10H2,1-2H3,(H,19,20). The lowest BCUT2D eigenvalue weighted by molar-refractivity contribution is 0.518. The second-order valence-corrected chi connectivity index (χ2v) is 5.27. The van der Waals surface area contributed by atoms with Gasteiger partial charge in [-0.2, -0.15) is 5.10 Å². The van der Waals surface area contributed by atoms with E-state index < -0.39 is 0 Å². The summed E-state index contributed by atoms with van der Waals surface area (Å²) in [6.45, 7) is 5.06. The maximum atomic E-state index is 13.5. The average molecular weight is 275 g/mol. The van der Waals surface area contributed by atoms with Crippen molar-refractivity contribution in [3.63, 3.8) is 0 Å². The van der Waals surface area contributed by atoms with Gasteiger partial charge in [0, 0.05) is 11.7 Å². The predicted octanol–water partition coefficient (Wildman–Crippen LogP) is 3.01. The molecule has 0 aliphatic heterocycles. The summed E-state index contributed by atoms with van der Waals surface area (Å²) in [5, 5.41) is 10.4. The van der Waals surface area contributed by atoms with Crippen LogP contribution in [0, 0.1) is 12.7 Å². The van der Waals surface area contributed by atoms with E-state index in [1.807, 2.05) is 25.3 Å². The van der Waals surface area contributed by atoms with Gasteiger partial charge in [0.2, 0.25) is 0 Å². The van der Waals surface area contributed by atoms with Crippen LogP contribution in [0.5, 0.6) is 0 Å². The number of nitrogens with zero attached hydrogens (tertiary/aromatic N) is 1. The minimum Gasteiger partial charge on any atom is -0.314 e. The number of H-pyrrole nitrogens is 1. The number of aromatic nitrogens is 2. The third-order valence-electron chi connectivity index (χ3n) is 3.53. The molecule has 0 saturated carbocycles. The summed E-state index contributed by atoms with van der Waals surface area (Å²) >= 11 is 0. The summed E-state index contributed by atoms with van der Waals surface area (Å²) in [6.07, 6.45) is 4.68. The van der Waals surface area contributed by atoms with Gasteiger partial charge < -0.3 is 5.32 Å². The predicted molar refractivity (Wildman–Crippen MR) is 79.2 cm³/mol. The van der Waals surface area contributed by atoms with Crippen molar-refractivity contribution in [3.05, 3.63) is 53.1 Å². The lowest BCUT2D eigenvalue weighted by Gasteiger charge is -2.14. The number of aryl methyl sites for hydroxylation is 2. The van der Waals surface area contributed by atoms with Crippen molar-refractivity contribution in [1.82, 2.24) is 15.5 Å². The molecule has 3 nitrogen and oxygen atoms in total. The van der Waals surface area contributed by atoms with Crippen LogP contribution in [0.1, 0.15) is 30.2 Å². The van der Waals surface area contributed by atoms with E-state index in [0.717, 1.165) is 37.1 Å². The van der Waals surface area contributed by atoms with Gasteiger partial charge in [-0.05, 0) is 56.8 Å². The van der Waals surface area contributed by atoms with Crippen LogP contribution in [-0.4, -0.2) is 22.8 Å². The van der Waals surface area contributed by atoms with Crippen molar-refractivity contribution < 1.29 is 4.39 Å². The number of hydrogen-bond acceptors (Lipinski definition) is 2. The van der Waals surface area contributed by atoms with E-state index >= 15 is 0 Å². The molecule has 0 aliphatic rings. The molecule has 0 bridgehead atoms. The molecule has 1 unspecified atom stereocenters. The van der Waals surface area contributed by atoms with Gasteiger partial charge in [-0.25, -0.2) is 4.39 Å². The molecular formula is C16H22FN3. The van der Waals surface area contributed by atoms with E-state index in [1.165, 1.54) is 11.6 Å². The van der Waals surface area contributed by atoms with Crippen LogP contribution >= 0.6 is 0 Å². The van der Waals surface area contributed by atoms with Gasteiger partial charge in [0.25, 0.3) is 0 Å². The summed E-state index contributed by atoms with van der Waals surface area (Å²) in [4.78, 5) is 0. The van der Waals surface area contributed by atoms with Gasteiger partial charge in [-0.1, -0.05) is 18.2 Å². The van der Waals surface area contributed by atoms with Crippen molar-refractivity contribution in [2.75, 3.05) is 6.54 Å². The average Bonchev–Trinajstić information content (AvgIpc) is 2.83. The third-order valence-corrected chi connectivity index (χ3v) is 3.53. The van der Waals surface area contributed by atoms with Crippen LogP contribution in [0.2, 0.25) is 0 Å². The van der Waals surface area contributed by atoms with Crippen LogP contribution in [0.3, 0.4) is 0 Å². The maximum absolute atomic E-state index is 13.5. The fourth-order valence-electron chi connectivity index (χ4n) is 2.32. The molecular weight excluding hydrogens is 253 g/mol. The Kier molecular flexibility index (Phi) is 5.30. The van der Waals surface area contributed by atoms with E-state index in [-0.39, 0.29) is 11.9 Å². The summed E-state index contributed by atoms with van der Waals surface area (Å²) < 4.78 is 13.5. The van der Waals surface area contributed by atoms with E-state index in [0.29, 0.717) is 0 Å². The zero-order valence-electron chi connectivity index (χ0n) is 12.1. The Morgan fingerprint density at radius 3 is 2.80 bits per heavy atom. The quantitative estimate of drug-likeness (QED) is 0.763. The summed E-state index contributed by atoms with van der Waals surface area (Å²) in [7, 11) is 0. The molecule has 0 spiro atoms. The Morgan fingerprint density at radius 2 is 2.10 bits per heavy atom. The first-order valence-corrected chi connectivity index (χ1v) is 7.12. The first-order chi connectivity index (χ1) is 9.66. The Balaban J connectivity index is 1.69. The van der Waals surface area contributed by atoms with Crippen molar-refractivity contribution in [1.29, 1.82) is 0 Å². The van der Waals surface area contributed by atoms with Gasteiger partial charge in [0.15, 0.2) is 0 Å². The molecule has 2 N–H and O–H groups in total. The Hall–Kier alpha value is -1.68. The summed E-state index contributed by atoms with van der Waals surface area (Å²) in [5.74, 6) is -0.116. The number of hydrogen-bond donors (Lipinski definition) is 2. The van der Waals surface area contributed by atoms with E-state index in [9.17, 15) is 4.39 Å². The zero-order valence-corrected chi connectivity index (χ0v) is 12.1. The largest absolute Gasteiger partial charge is 0.314 e. The Bertz CT molecular complexity index is 536. The topological polar surface area (TPSA) is 40.7 Å². The monoisotopic (exact) mass is 275 g/mol. The van der Waals surface area contributed by atoms with Crippen LogP contribution < -0.4 is 5.32 Å². The van der Waals surface area contributed by atoms with E-state index in [2.05, 4.69) is 22.4 Å². The minimum absolute atomic E-state index is 0.116. The van der Waals surface area contributed by atoms with Crippen molar-refractivity contribution in [2.45, 2.75) is 39.2 Å². The normalized spacial score (nSPS) is 12.6. The van der Waals surface area contributed by atoms with Gasteiger partial charge in [-0.3, -0.25) is 5.10 Å². The number of benzene rings is 1. The molecule has 2 aromatic rings. The first-order valence-electron chi connectivity index (χ1n) is 7.12. The molecule has 1 atom stereocenters. The molecule has 0 radical (unpaired) electrons. The fraction of sp³-hybridized carbons (Fsp3) is 0.438. The van der Waals surface area contributed by atoms with Crippen molar-refractivity contribution in [2.24, 2.45) is 0 Å². The van der Waals surface area contributed by atoms with Gasteiger partial charge in [0.05, 0.1) is 6.20 Å². The number of rotatable bonds is 7. The highest BCUT2D eigenvalue weighted by atomic mass is 19.1. The second-order valence-electron chi connectivity index (χ2n) is 5.27. The molecule has 108 valence electrons. The van der Waals surface area contributed by atoms with Crippen molar-refractivity contribution in [3.8, 4) is 0 Å². The Labute approximate surface area is 119 Å². The SMILES string of the molecule is Cc1[nH]ncc1CCCNC(C)Cc1ccccc1F. The van der Waals surface area contributed by atoms with Crippen LogP contribution in [0.4, 0.5) is 4.39 Å². The van der Waals surface area contributed by atoms with E-state index in [1.54, 1.807) is 6.07 Å². The molecule has 0 aliphatic carbocycles. The van der Waals surface area contributed by atoms with Crippen LogP contribution in [-0.2, 0) is 12.8 Å². The van der Waals surface area contributed by atoms with Gasteiger partial charge in [0.1, 0.15) is 5.82 Å². The van der Waals surface area contributed by atoms with E-state index in [4.69, 9.17) is 0 Å².